The number of rotatable bonds is 1. The molecule has 1 amide bonds. The van der Waals surface area contributed by atoms with E-state index < -0.39 is 0 Å². The number of phenolic OH excluding ortho intramolecular Hbond substituents is 1. The Morgan fingerprint density at radius 2 is 2.00 bits per heavy atom. The standard InChI is InChI=1S/C17H16ClNO2/c1-11-8-13(3-5-16(11)18)17(21)19-7-6-12-2-4-15(20)9-14(12)10-19/h2-5,8-9,20H,6-7,10H2,1H3. The molecule has 2 aromatic rings. The van der Waals surface area contributed by atoms with Crippen molar-refractivity contribution in [3.8, 4) is 5.75 Å². The number of phenols is 1. The van der Waals surface area contributed by atoms with Gasteiger partial charge in [-0.25, -0.2) is 0 Å². The molecule has 4 heteroatoms. The number of carbonyl (C=O) groups is 1. The maximum Gasteiger partial charge on any atom is 0.254 e. The Hall–Kier alpha value is -2.00. The molecule has 1 N–H and O–H groups in total. The molecule has 3 nitrogen and oxygen atoms in total. The third-order valence-electron chi connectivity index (χ3n) is 3.89. The van der Waals surface area contributed by atoms with Gasteiger partial charge in [-0.1, -0.05) is 17.7 Å². The minimum absolute atomic E-state index is 0.00348. The van der Waals surface area contributed by atoms with Crippen LogP contribution in [-0.4, -0.2) is 22.5 Å². The van der Waals surface area contributed by atoms with Crippen LogP contribution in [0.5, 0.6) is 5.75 Å². The Kier molecular flexibility index (Phi) is 3.60. The van der Waals surface area contributed by atoms with Gasteiger partial charge in [-0.2, -0.15) is 0 Å². The summed E-state index contributed by atoms with van der Waals surface area (Å²) in [5.74, 6) is 0.245. The first-order valence-corrected chi connectivity index (χ1v) is 7.28. The molecular formula is C17H16ClNO2. The Labute approximate surface area is 128 Å². The van der Waals surface area contributed by atoms with Gasteiger partial charge in [-0.05, 0) is 60.4 Å². The minimum Gasteiger partial charge on any atom is -0.508 e. The van der Waals surface area contributed by atoms with Crippen molar-refractivity contribution < 1.29 is 9.90 Å². The van der Waals surface area contributed by atoms with E-state index in [4.69, 9.17) is 11.6 Å². The molecule has 3 rings (SSSR count). The molecule has 21 heavy (non-hydrogen) atoms. The normalized spacial score (nSPS) is 13.9. The summed E-state index contributed by atoms with van der Waals surface area (Å²) in [5, 5.41) is 10.2. The molecule has 0 atom stereocenters. The van der Waals surface area contributed by atoms with E-state index >= 15 is 0 Å². The zero-order valence-electron chi connectivity index (χ0n) is 11.8. The van der Waals surface area contributed by atoms with Crippen molar-refractivity contribution in [2.24, 2.45) is 0 Å². The van der Waals surface area contributed by atoms with E-state index in [1.807, 2.05) is 24.0 Å². The molecule has 108 valence electrons. The van der Waals surface area contributed by atoms with Crippen molar-refractivity contribution in [2.45, 2.75) is 19.9 Å². The van der Waals surface area contributed by atoms with E-state index in [9.17, 15) is 9.90 Å². The minimum atomic E-state index is 0.00348. The van der Waals surface area contributed by atoms with E-state index in [-0.39, 0.29) is 11.7 Å². The molecular weight excluding hydrogens is 286 g/mol. The number of halogens is 1. The monoisotopic (exact) mass is 301 g/mol. The van der Waals surface area contributed by atoms with Crippen LogP contribution in [-0.2, 0) is 13.0 Å². The highest BCUT2D eigenvalue weighted by Crippen LogP contribution is 2.25. The number of benzene rings is 2. The van der Waals surface area contributed by atoms with Crippen molar-refractivity contribution in [1.82, 2.24) is 4.90 Å². The van der Waals surface area contributed by atoms with Crippen LogP contribution in [0.2, 0.25) is 5.02 Å². The molecule has 0 saturated heterocycles. The number of fused-ring (bicyclic) bond motifs is 1. The Morgan fingerprint density at radius 3 is 2.76 bits per heavy atom. The third-order valence-corrected chi connectivity index (χ3v) is 4.32. The van der Waals surface area contributed by atoms with Gasteiger partial charge in [0.2, 0.25) is 0 Å². The number of hydrogen-bond donors (Lipinski definition) is 1. The second-order valence-electron chi connectivity index (χ2n) is 5.39. The molecule has 0 fully saturated rings. The molecule has 0 aromatic heterocycles. The van der Waals surface area contributed by atoms with Gasteiger partial charge < -0.3 is 10.0 Å². The Bertz CT molecular complexity index is 712. The van der Waals surface area contributed by atoms with Gasteiger partial charge in [0.1, 0.15) is 5.75 Å². The summed E-state index contributed by atoms with van der Waals surface area (Å²) in [6.07, 6.45) is 0.813. The zero-order valence-corrected chi connectivity index (χ0v) is 12.5. The summed E-state index contributed by atoms with van der Waals surface area (Å²) in [6.45, 7) is 3.12. The van der Waals surface area contributed by atoms with E-state index in [2.05, 4.69) is 0 Å². The number of aromatic hydroxyl groups is 1. The molecule has 1 aliphatic heterocycles. The molecule has 1 aliphatic rings. The highest BCUT2D eigenvalue weighted by atomic mass is 35.5. The Balaban J connectivity index is 1.85. The third kappa shape index (κ3) is 2.74. The molecule has 0 saturated carbocycles. The van der Waals surface area contributed by atoms with Gasteiger partial charge in [0.05, 0.1) is 0 Å². The van der Waals surface area contributed by atoms with E-state index in [1.165, 1.54) is 5.56 Å². The molecule has 0 spiro atoms. The van der Waals surface area contributed by atoms with Crippen LogP contribution in [0.25, 0.3) is 0 Å². The fraction of sp³-hybridized carbons (Fsp3) is 0.235. The lowest BCUT2D eigenvalue weighted by Gasteiger charge is -2.29. The fourth-order valence-electron chi connectivity index (χ4n) is 2.68. The smallest absolute Gasteiger partial charge is 0.254 e. The van der Waals surface area contributed by atoms with E-state index in [0.717, 1.165) is 17.5 Å². The van der Waals surface area contributed by atoms with E-state index in [1.54, 1.807) is 24.3 Å². The molecule has 0 bridgehead atoms. The lowest BCUT2D eigenvalue weighted by Crippen LogP contribution is -2.35. The summed E-state index contributed by atoms with van der Waals surface area (Å²) in [4.78, 5) is 14.4. The van der Waals surface area contributed by atoms with Crippen LogP contribution in [0.15, 0.2) is 36.4 Å². The number of amides is 1. The van der Waals surface area contributed by atoms with Gasteiger partial charge in [0.25, 0.3) is 5.91 Å². The summed E-state index contributed by atoms with van der Waals surface area (Å²) >= 11 is 6.00. The fourth-order valence-corrected chi connectivity index (χ4v) is 2.79. The van der Waals surface area contributed by atoms with Crippen molar-refractivity contribution >= 4 is 17.5 Å². The van der Waals surface area contributed by atoms with E-state index in [0.29, 0.717) is 23.7 Å². The summed E-state index contributed by atoms with van der Waals surface area (Å²) < 4.78 is 0. The molecule has 2 aromatic carbocycles. The van der Waals surface area contributed by atoms with Crippen LogP contribution >= 0.6 is 11.6 Å². The largest absolute Gasteiger partial charge is 0.508 e. The highest BCUT2D eigenvalue weighted by molar-refractivity contribution is 6.31. The van der Waals surface area contributed by atoms with Crippen molar-refractivity contribution in [3.05, 3.63) is 63.7 Å². The van der Waals surface area contributed by atoms with Gasteiger partial charge in [0, 0.05) is 23.7 Å². The number of hydrogen-bond acceptors (Lipinski definition) is 2. The van der Waals surface area contributed by atoms with Crippen molar-refractivity contribution in [2.75, 3.05) is 6.54 Å². The van der Waals surface area contributed by atoms with Crippen molar-refractivity contribution in [1.29, 1.82) is 0 Å². The second-order valence-corrected chi connectivity index (χ2v) is 5.80. The summed E-state index contributed by atoms with van der Waals surface area (Å²) in [7, 11) is 0. The number of nitrogens with zero attached hydrogens (tertiary/aromatic N) is 1. The summed E-state index contributed by atoms with van der Waals surface area (Å²) in [6, 6.07) is 10.7. The summed E-state index contributed by atoms with van der Waals surface area (Å²) in [5.41, 5.74) is 3.77. The quantitative estimate of drug-likeness (QED) is 0.875. The van der Waals surface area contributed by atoms with Crippen LogP contribution in [0, 0.1) is 6.92 Å². The lowest BCUT2D eigenvalue weighted by atomic mass is 9.98. The predicted octanol–water partition coefficient (Wildman–Crippen LogP) is 3.55. The maximum absolute atomic E-state index is 12.6. The maximum atomic E-state index is 12.6. The second kappa shape index (κ2) is 5.41. The highest BCUT2D eigenvalue weighted by Gasteiger charge is 2.22. The topological polar surface area (TPSA) is 40.5 Å². The number of carbonyl (C=O) groups excluding carboxylic acids is 1. The zero-order chi connectivity index (χ0) is 15.0. The predicted molar refractivity (Wildman–Crippen MR) is 82.7 cm³/mol. The van der Waals surface area contributed by atoms with Crippen LogP contribution < -0.4 is 0 Å². The number of aryl methyl sites for hydroxylation is 1. The first-order valence-electron chi connectivity index (χ1n) is 6.91. The first kappa shape index (κ1) is 14.0. The molecule has 0 unspecified atom stereocenters. The first-order chi connectivity index (χ1) is 10.0. The van der Waals surface area contributed by atoms with Crippen molar-refractivity contribution in [3.63, 3.8) is 0 Å². The molecule has 1 heterocycles. The van der Waals surface area contributed by atoms with Gasteiger partial charge in [-0.3, -0.25) is 4.79 Å². The molecule has 0 radical (unpaired) electrons. The van der Waals surface area contributed by atoms with Gasteiger partial charge >= 0.3 is 0 Å². The average molecular weight is 302 g/mol. The van der Waals surface area contributed by atoms with Crippen LogP contribution in [0.4, 0.5) is 0 Å². The molecule has 0 aliphatic carbocycles. The van der Waals surface area contributed by atoms with Gasteiger partial charge in [0.15, 0.2) is 0 Å². The van der Waals surface area contributed by atoms with Gasteiger partial charge in [-0.15, -0.1) is 0 Å². The van der Waals surface area contributed by atoms with Crippen LogP contribution in [0.1, 0.15) is 27.0 Å². The average Bonchev–Trinajstić information content (AvgIpc) is 2.48. The lowest BCUT2D eigenvalue weighted by molar-refractivity contribution is 0.0734. The Morgan fingerprint density at radius 1 is 1.19 bits per heavy atom. The SMILES string of the molecule is Cc1cc(C(=O)N2CCc3ccc(O)cc3C2)ccc1Cl. The van der Waals surface area contributed by atoms with Crippen LogP contribution in [0.3, 0.4) is 0 Å².